The second-order valence-corrected chi connectivity index (χ2v) is 10.9. The van der Waals surface area contributed by atoms with Gasteiger partial charge in [0.05, 0.1) is 11.2 Å². The third-order valence-corrected chi connectivity index (χ3v) is 7.07. The summed E-state index contributed by atoms with van der Waals surface area (Å²) in [5, 5.41) is 0. The van der Waals surface area contributed by atoms with E-state index in [0.717, 1.165) is 44.6 Å². The zero-order valence-electron chi connectivity index (χ0n) is 21.2. The number of piperazine rings is 1. The monoisotopic (exact) mass is 481 g/mol. The van der Waals surface area contributed by atoms with Crippen molar-refractivity contribution >= 4 is 11.7 Å². The number of hydrogen-bond donors (Lipinski definition) is 2. The molecule has 0 radical (unpaired) electrons. The van der Waals surface area contributed by atoms with Gasteiger partial charge in [0.1, 0.15) is 5.82 Å². The molecule has 0 saturated carbocycles. The van der Waals surface area contributed by atoms with Crippen molar-refractivity contribution in [1.29, 1.82) is 0 Å². The molecule has 1 unspecified atom stereocenters. The van der Waals surface area contributed by atoms with E-state index in [0.29, 0.717) is 32.0 Å². The quantitative estimate of drug-likeness (QED) is 0.662. The minimum absolute atomic E-state index is 0.0577. The topological polar surface area (TPSA) is 114 Å². The number of aromatic nitrogens is 2. The van der Waals surface area contributed by atoms with Crippen LogP contribution in [0, 0.1) is 0 Å². The van der Waals surface area contributed by atoms with Crippen molar-refractivity contribution in [2.45, 2.75) is 57.7 Å². The molecule has 9 nitrogen and oxygen atoms in total. The Kier molecular flexibility index (Phi) is 7.30. The Bertz CT molecular complexity index is 1080. The number of carbonyl (C=O) groups excluding carboxylic acids is 1. The zero-order valence-corrected chi connectivity index (χ0v) is 21.2. The molecular formula is C26H39N7O2. The van der Waals surface area contributed by atoms with Crippen molar-refractivity contribution in [3.8, 4) is 5.69 Å². The summed E-state index contributed by atoms with van der Waals surface area (Å²) in [7, 11) is 0. The van der Waals surface area contributed by atoms with E-state index in [-0.39, 0.29) is 17.1 Å². The van der Waals surface area contributed by atoms with Crippen LogP contribution in [0.1, 0.15) is 45.6 Å². The lowest BCUT2D eigenvalue weighted by molar-refractivity contribution is -0.136. The summed E-state index contributed by atoms with van der Waals surface area (Å²) in [5.74, 6) is 0.577. The number of anilines is 1. The van der Waals surface area contributed by atoms with Crippen molar-refractivity contribution in [1.82, 2.24) is 19.4 Å². The highest BCUT2D eigenvalue weighted by Crippen LogP contribution is 2.21. The maximum absolute atomic E-state index is 12.8. The van der Waals surface area contributed by atoms with Crippen LogP contribution in [0.4, 0.5) is 5.82 Å². The van der Waals surface area contributed by atoms with Crippen molar-refractivity contribution < 1.29 is 4.79 Å². The van der Waals surface area contributed by atoms with E-state index >= 15 is 0 Å². The number of likely N-dealkylation sites (tertiary alicyclic amines) is 1. The van der Waals surface area contributed by atoms with Crippen LogP contribution in [0.5, 0.6) is 0 Å². The number of rotatable bonds is 5. The fourth-order valence-corrected chi connectivity index (χ4v) is 4.85. The molecular weight excluding hydrogens is 442 g/mol. The van der Waals surface area contributed by atoms with E-state index in [2.05, 4.69) is 28.9 Å². The lowest BCUT2D eigenvalue weighted by Gasteiger charge is -2.37. The van der Waals surface area contributed by atoms with Gasteiger partial charge in [0, 0.05) is 51.0 Å². The largest absolute Gasteiger partial charge is 0.354 e. The molecule has 0 spiro atoms. The first-order valence-electron chi connectivity index (χ1n) is 12.6. The minimum Gasteiger partial charge on any atom is -0.353 e. The highest BCUT2D eigenvalue weighted by Gasteiger charge is 2.30. The first kappa shape index (κ1) is 25.3. The lowest BCUT2D eigenvalue weighted by Crippen LogP contribution is -2.57. The molecule has 0 aliphatic carbocycles. The van der Waals surface area contributed by atoms with Crippen LogP contribution in [0.25, 0.3) is 5.69 Å². The predicted molar refractivity (Wildman–Crippen MR) is 139 cm³/mol. The Morgan fingerprint density at radius 1 is 1.03 bits per heavy atom. The molecule has 2 aliphatic heterocycles. The molecule has 2 aliphatic rings. The molecule has 1 atom stereocenters. The second kappa shape index (κ2) is 10.1. The van der Waals surface area contributed by atoms with E-state index in [4.69, 9.17) is 11.5 Å². The van der Waals surface area contributed by atoms with Crippen LogP contribution in [-0.4, -0.2) is 75.6 Å². The fourth-order valence-electron chi connectivity index (χ4n) is 4.85. The summed E-state index contributed by atoms with van der Waals surface area (Å²) in [5.41, 5.74) is 13.0. The average Bonchev–Trinajstić information content (AvgIpc) is 2.99. The molecule has 2 saturated heterocycles. The van der Waals surface area contributed by atoms with Gasteiger partial charge in [-0.25, -0.2) is 4.79 Å². The van der Waals surface area contributed by atoms with Gasteiger partial charge in [-0.15, -0.1) is 0 Å². The Morgan fingerprint density at radius 2 is 1.71 bits per heavy atom. The summed E-state index contributed by atoms with van der Waals surface area (Å²) in [6.07, 6.45) is 4.97. The number of hydrogen-bond acceptors (Lipinski definition) is 7. The number of nitrogens with two attached hydrogens (primary N) is 2. The van der Waals surface area contributed by atoms with Gasteiger partial charge >= 0.3 is 5.69 Å². The summed E-state index contributed by atoms with van der Waals surface area (Å²) >= 11 is 0. The average molecular weight is 482 g/mol. The molecule has 1 aromatic carbocycles. The molecule has 2 aromatic rings. The summed E-state index contributed by atoms with van der Waals surface area (Å²) in [4.78, 5) is 35.8. The Morgan fingerprint density at radius 3 is 2.34 bits per heavy atom. The summed E-state index contributed by atoms with van der Waals surface area (Å²) in [6.45, 7) is 10.9. The molecule has 190 valence electrons. The number of benzene rings is 1. The Hall–Kier alpha value is -2.75. The van der Waals surface area contributed by atoms with Crippen molar-refractivity contribution in [3.63, 3.8) is 0 Å². The first-order valence-corrected chi connectivity index (χ1v) is 12.6. The maximum Gasteiger partial charge on any atom is 0.354 e. The normalized spacial score (nSPS) is 22.2. The Balaban J connectivity index is 1.37. The smallest absolute Gasteiger partial charge is 0.353 e. The van der Waals surface area contributed by atoms with Crippen LogP contribution in [0.2, 0.25) is 0 Å². The minimum atomic E-state index is -0.880. The van der Waals surface area contributed by atoms with Crippen LogP contribution >= 0.6 is 0 Å². The number of carbonyl (C=O) groups is 1. The van der Waals surface area contributed by atoms with Gasteiger partial charge in [0.15, 0.2) is 0 Å². The van der Waals surface area contributed by atoms with Gasteiger partial charge in [-0.3, -0.25) is 14.3 Å². The molecule has 35 heavy (non-hydrogen) atoms. The van der Waals surface area contributed by atoms with E-state index in [9.17, 15) is 9.59 Å². The van der Waals surface area contributed by atoms with Crippen molar-refractivity contribution in [2.75, 3.05) is 44.2 Å². The number of amides is 1. The SMILES string of the molecule is CC1(N)CCCN(Cc2ccc(-n3ccc(N4CCN(C(=O)C(C)(C)N)CC4)nc3=O)cc2)CC1. The fraction of sp³-hybridized carbons (Fsp3) is 0.577. The van der Waals surface area contributed by atoms with E-state index in [1.54, 1.807) is 29.5 Å². The highest BCUT2D eigenvalue weighted by atomic mass is 16.2. The molecule has 0 bridgehead atoms. The van der Waals surface area contributed by atoms with Crippen LogP contribution < -0.4 is 22.1 Å². The van der Waals surface area contributed by atoms with Gasteiger partial charge in [-0.1, -0.05) is 12.1 Å². The van der Waals surface area contributed by atoms with Crippen LogP contribution in [-0.2, 0) is 11.3 Å². The highest BCUT2D eigenvalue weighted by molar-refractivity contribution is 5.85. The van der Waals surface area contributed by atoms with E-state index in [1.807, 2.05) is 23.1 Å². The molecule has 9 heteroatoms. The second-order valence-electron chi connectivity index (χ2n) is 10.9. The van der Waals surface area contributed by atoms with Gasteiger partial charge in [-0.05, 0) is 70.3 Å². The van der Waals surface area contributed by atoms with Gasteiger partial charge in [0.25, 0.3) is 0 Å². The molecule has 2 fully saturated rings. The molecule has 3 heterocycles. The predicted octanol–water partition coefficient (Wildman–Crippen LogP) is 1.32. The van der Waals surface area contributed by atoms with Crippen molar-refractivity contribution in [3.05, 3.63) is 52.6 Å². The lowest BCUT2D eigenvalue weighted by atomic mass is 9.95. The standard InChI is InChI=1S/C26H39N7O2/c1-25(2,27)23(34)32-17-15-31(16-18-32)22-9-13-33(24(35)29-22)21-7-5-20(6-8-21)19-30-12-4-10-26(3,28)11-14-30/h5-9,13H,4,10-12,14-19,27-28H2,1-3H3. The zero-order chi connectivity index (χ0) is 25.2. The van der Waals surface area contributed by atoms with Gasteiger partial charge in [-0.2, -0.15) is 4.98 Å². The van der Waals surface area contributed by atoms with Crippen LogP contribution in [0.15, 0.2) is 41.3 Å². The third-order valence-electron chi connectivity index (χ3n) is 7.07. The molecule has 1 amide bonds. The maximum atomic E-state index is 12.8. The van der Waals surface area contributed by atoms with Gasteiger partial charge < -0.3 is 21.3 Å². The Labute approximate surface area is 207 Å². The summed E-state index contributed by atoms with van der Waals surface area (Å²) < 4.78 is 1.57. The first-order chi connectivity index (χ1) is 16.5. The van der Waals surface area contributed by atoms with Crippen molar-refractivity contribution in [2.24, 2.45) is 11.5 Å². The third kappa shape index (κ3) is 6.28. The molecule has 1 aromatic heterocycles. The van der Waals surface area contributed by atoms with E-state index in [1.165, 1.54) is 5.56 Å². The van der Waals surface area contributed by atoms with Crippen LogP contribution in [0.3, 0.4) is 0 Å². The summed E-state index contributed by atoms with van der Waals surface area (Å²) in [6, 6.07) is 9.97. The molecule has 4 rings (SSSR count). The number of nitrogens with zero attached hydrogens (tertiary/aromatic N) is 5. The van der Waals surface area contributed by atoms with Gasteiger partial charge in [0.2, 0.25) is 5.91 Å². The molecule has 4 N–H and O–H groups in total. The van der Waals surface area contributed by atoms with E-state index < -0.39 is 5.54 Å².